The van der Waals surface area contributed by atoms with Crippen LogP contribution in [0.2, 0.25) is 0 Å². The molecule has 31 heavy (non-hydrogen) atoms. The maximum absolute atomic E-state index is 12.5. The lowest BCUT2D eigenvalue weighted by atomic mass is 10.1. The lowest BCUT2D eigenvalue weighted by Crippen LogP contribution is -2.44. The van der Waals surface area contributed by atoms with Crippen LogP contribution in [-0.2, 0) is 29.0 Å². The Bertz CT molecular complexity index is 995. The number of para-hydroxylation sites is 1. The Morgan fingerprint density at radius 3 is 2.32 bits per heavy atom. The molecule has 0 N–H and O–H groups in total. The van der Waals surface area contributed by atoms with E-state index in [-0.39, 0.29) is 18.4 Å². The van der Waals surface area contributed by atoms with Crippen molar-refractivity contribution < 1.29 is 9.53 Å². The number of likely N-dealkylation sites (N-methyl/N-ethyl adjacent to an activating group) is 1. The first-order chi connectivity index (χ1) is 14.7. The minimum Gasteiger partial charge on any atom is -0.466 e. The summed E-state index contributed by atoms with van der Waals surface area (Å²) < 4.78 is 7.65. The second-order valence-corrected chi connectivity index (χ2v) is 8.08. The first kappa shape index (κ1) is 23.3. The van der Waals surface area contributed by atoms with Crippen molar-refractivity contribution in [3.05, 3.63) is 71.4 Å². The molecule has 0 aliphatic carbocycles. The molecule has 4 rings (SSSR count). The number of rotatable bonds is 7. The Balaban J connectivity index is 0.00000272. The van der Waals surface area contributed by atoms with E-state index in [4.69, 9.17) is 4.74 Å². The van der Waals surface area contributed by atoms with Crippen LogP contribution in [0.3, 0.4) is 0 Å². The van der Waals surface area contributed by atoms with Gasteiger partial charge in [-0.3, -0.25) is 9.69 Å². The third kappa shape index (κ3) is 5.48. The molecule has 1 aliphatic rings. The van der Waals surface area contributed by atoms with Gasteiger partial charge in [0.25, 0.3) is 0 Å². The molecule has 2 heterocycles. The summed E-state index contributed by atoms with van der Waals surface area (Å²) in [6, 6.07) is 19.0. The summed E-state index contributed by atoms with van der Waals surface area (Å²) >= 11 is 0. The second kappa shape index (κ2) is 10.8. The number of hydrogen-bond acceptors (Lipinski definition) is 4. The van der Waals surface area contributed by atoms with Crippen LogP contribution in [0.4, 0.5) is 0 Å². The van der Waals surface area contributed by atoms with E-state index in [9.17, 15) is 4.79 Å². The molecule has 1 aliphatic heterocycles. The van der Waals surface area contributed by atoms with E-state index in [1.807, 2.05) is 13.0 Å². The van der Waals surface area contributed by atoms with Crippen LogP contribution in [-0.4, -0.2) is 60.2 Å². The van der Waals surface area contributed by atoms with E-state index in [0.29, 0.717) is 13.0 Å². The van der Waals surface area contributed by atoms with E-state index in [0.717, 1.165) is 45.0 Å². The van der Waals surface area contributed by atoms with E-state index in [1.165, 1.54) is 22.0 Å². The minimum absolute atomic E-state index is 0. The van der Waals surface area contributed by atoms with Gasteiger partial charge in [-0.25, -0.2) is 0 Å². The van der Waals surface area contributed by atoms with Gasteiger partial charge < -0.3 is 14.2 Å². The molecule has 0 saturated carbocycles. The molecule has 0 amide bonds. The maximum atomic E-state index is 12.5. The molecule has 0 bridgehead atoms. The van der Waals surface area contributed by atoms with Crippen LogP contribution in [0.25, 0.3) is 10.9 Å². The molecule has 6 heteroatoms. The number of carbonyl (C=O) groups excluding carboxylic acids is 1. The summed E-state index contributed by atoms with van der Waals surface area (Å²) in [4.78, 5) is 17.4. The summed E-state index contributed by atoms with van der Waals surface area (Å²) in [6.07, 6.45) is 0.304. The molecule has 0 atom stereocenters. The molecular weight excluding hydrogens is 410 g/mol. The second-order valence-electron chi connectivity index (χ2n) is 8.08. The molecule has 5 nitrogen and oxygen atoms in total. The van der Waals surface area contributed by atoms with Crippen molar-refractivity contribution in [1.82, 2.24) is 14.4 Å². The number of aromatic nitrogens is 1. The zero-order chi connectivity index (χ0) is 20.9. The number of ether oxygens (including phenoxy) is 1. The fourth-order valence-electron chi connectivity index (χ4n) is 4.33. The summed E-state index contributed by atoms with van der Waals surface area (Å²) in [5.74, 6) is -0.158. The molecular formula is C25H32ClN3O2. The molecule has 0 spiro atoms. The number of benzene rings is 2. The average molecular weight is 442 g/mol. The number of carbonyl (C=O) groups is 1. The van der Waals surface area contributed by atoms with E-state index in [2.05, 4.69) is 69.9 Å². The van der Waals surface area contributed by atoms with Crippen LogP contribution in [0.15, 0.2) is 54.6 Å². The van der Waals surface area contributed by atoms with Crippen molar-refractivity contribution in [2.75, 3.05) is 39.8 Å². The van der Waals surface area contributed by atoms with Crippen molar-refractivity contribution in [3.63, 3.8) is 0 Å². The zero-order valence-electron chi connectivity index (χ0n) is 18.4. The highest BCUT2D eigenvalue weighted by atomic mass is 35.5. The standard InChI is InChI=1S/C25H31N3O2.ClH/c1-3-30-25(29)17-24-22(19-27-15-13-26(2)14-16-27)21-11-7-8-12-23(21)28(24)18-20-9-5-4-6-10-20;/h4-12H,3,13-19H2,1-2H3;1H. The van der Waals surface area contributed by atoms with Crippen molar-refractivity contribution in [2.24, 2.45) is 0 Å². The van der Waals surface area contributed by atoms with E-state index < -0.39 is 0 Å². The predicted octanol–water partition coefficient (Wildman–Crippen LogP) is 3.96. The smallest absolute Gasteiger partial charge is 0.311 e. The quantitative estimate of drug-likeness (QED) is 0.520. The van der Waals surface area contributed by atoms with Gasteiger partial charge in [0.1, 0.15) is 0 Å². The summed E-state index contributed by atoms with van der Waals surface area (Å²) in [5, 5.41) is 1.24. The van der Waals surface area contributed by atoms with Gasteiger partial charge in [0.05, 0.1) is 13.0 Å². The van der Waals surface area contributed by atoms with Gasteiger partial charge in [0, 0.05) is 55.9 Å². The number of esters is 1. The summed E-state index contributed by atoms with van der Waals surface area (Å²) in [5.41, 5.74) is 4.76. The normalized spacial score (nSPS) is 15.0. The Labute approximate surface area is 191 Å². The van der Waals surface area contributed by atoms with Crippen LogP contribution in [0.5, 0.6) is 0 Å². The molecule has 166 valence electrons. The summed E-state index contributed by atoms with van der Waals surface area (Å²) in [6.45, 7) is 8.14. The molecule has 1 saturated heterocycles. The van der Waals surface area contributed by atoms with Crippen LogP contribution in [0.1, 0.15) is 23.7 Å². The predicted molar refractivity (Wildman–Crippen MR) is 128 cm³/mol. The first-order valence-corrected chi connectivity index (χ1v) is 10.8. The molecule has 2 aromatic carbocycles. The van der Waals surface area contributed by atoms with Gasteiger partial charge in [0.15, 0.2) is 0 Å². The highest BCUT2D eigenvalue weighted by Crippen LogP contribution is 2.29. The topological polar surface area (TPSA) is 37.7 Å². The first-order valence-electron chi connectivity index (χ1n) is 10.8. The number of fused-ring (bicyclic) bond motifs is 1. The van der Waals surface area contributed by atoms with Gasteiger partial charge in [-0.2, -0.15) is 0 Å². The SMILES string of the molecule is CCOC(=O)Cc1c(CN2CCN(C)CC2)c2ccccc2n1Cc1ccccc1.Cl. The Kier molecular flexibility index (Phi) is 8.13. The number of piperazine rings is 1. The van der Waals surface area contributed by atoms with Crippen molar-refractivity contribution in [1.29, 1.82) is 0 Å². The van der Waals surface area contributed by atoms with Crippen LogP contribution in [0, 0.1) is 0 Å². The van der Waals surface area contributed by atoms with Gasteiger partial charge in [-0.1, -0.05) is 48.5 Å². The minimum atomic E-state index is -0.158. The van der Waals surface area contributed by atoms with E-state index in [1.54, 1.807) is 0 Å². The number of hydrogen-bond donors (Lipinski definition) is 0. The van der Waals surface area contributed by atoms with Gasteiger partial charge in [0.2, 0.25) is 0 Å². The third-order valence-corrected chi connectivity index (χ3v) is 5.97. The fraction of sp³-hybridized carbons (Fsp3) is 0.400. The molecule has 1 aromatic heterocycles. The lowest BCUT2D eigenvalue weighted by Gasteiger charge is -2.32. The van der Waals surface area contributed by atoms with Crippen molar-refractivity contribution in [3.8, 4) is 0 Å². The van der Waals surface area contributed by atoms with Crippen molar-refractivity contribution in [2.45, 2.75) is 26.4 Å². The van der Waals surface area contributed by atoms with Gasteiger partial charge in [-0.15, -0.1) is 12.4 Å². The third-order valence-electron chi connectivity index (χ3n) is 5.97. The fourth-order valence-corrected chi connectivity index (χ4v) is 4.33. The average Bonchev–Trinajstić information content (AvgIpc) is 3.03. The molecule has 1 fully saturated rings. The van der Waals surface area contributed by atoms with Gasteiger partial charge in [-0.05, 0) is 31.2 Å². The Morgan fingerprint density at radius 1 is 0.935 bits per heavy atom. The summed E-state index contributed by atoms with van der Waals surface area (Å²) in [7, 11) is 2.18. The van der Waals surface area contributed by atoms with E-state index >= 15 is 0 Å². The highest BCUT2D eigenvalue weighted by Gasteiger charge is 2.23. The molecule has 0 radical (unpaired) electrons. The monoisotopic (exact) mass is 441 g/mol. The van der Waals surface area contributed by atoms with Crippen LogP contribution >= 0.6 is 12.4 Å². The largest absolute Gasteiger partial charge is 0.466 e. The van der Waals surface area contributed by atoms with Crippen LogP contribution < -0.4 is 0 Å². The van der Waals surface area contributed by atoms with Gasteiger partial charge >= 0.3 is 5.97 Å². The molecule has 3 aromatic rings. The number of halogens is 1. The Hall–Kier alpha value is -2.34. The number of nitrogens with zero attached hydrogens (tertiary/aromatic N) is 3. The molecule has 0 unspecified atom stereocenters. The maximum Gasteiger partial charge on any atom is 0.311 e. The van der Waals surface area contributed by atoms with Crippen molar-refractivity contribution >= 4 is 29.3 Å². The highest BCUT2D eigenvalue weighted by molar-refractivity contribution is 5.87. The Morgan fingerprint density at radius 2 is 1.61 bits per heavy atom. The zero-order valence-corrected chi connectivity index (χ0v) is 19.2. The lowest BCUT2D eigenvalue weighted by molar-refractivity contribution is -0.142.